The molecule has 4 N–H and O–H groups in total. The van der Waals surface area contributed by atoms with Gasteiger partial charge in [-0.05, 0) is 31.4 Å². The van der Waals surface area contributed by atoms with Crippen molar-refractivity contribution >= 4 is 23.1 Å². The summed E-state index contributed by atoms with van der Waals surface area (Å²) in [6.45, 7) is 3.46. The van der Waals surface area contributed by atoms with E-state index in [1.165, 1.54) is 4.88 Å². The molecule has 2 heterocycles. The van der Waals surface area contributed by atoms with Gasteiger partial charge in [0.05, 0.1) is 17.9 Å². The molecule has 0 atom stereocenters. The minimum Gasteiger partial charge on any atom is -0.382 e. The van der Waals surface area contributed by atoms with Crippen LogP contribution in [0, 0.1) is 11.3 Å². The Kier molecular flexibility index (Phi) is 7.40. The molecule has 8 nitrogen and oxygen atoms in total. The first-order chi connectivity index (χ1) is 14.7. The SMILES string of the molecule is CCc1cnc(CNC(=NC)NCCCc2nn(-c3ccccc3)c(N)c2C#N)s1. The normalized spacial score (nSPS) is 11.3. The third-order valence-corrected chi connectivity index (χ3v) is 5.71. The van der Waals surface area contributed by atoms with Crippen molar-refractivity contribution < 1.29 is 0 Å². The highest BCUT2D eigenvalue weighted by molar-refractivity contribution is 7.11. The number of nitrogens with two attached hydrogens (primary N) is 1. The van der Waals surface area contributed by atoms with E-state index in [1.807, 2.05) is 36.5 Å². The number of guanidine groups is 1. The Labute approximate surface area is 180 Å². The fourth-order valence-corrected chi connectivity index (χ4v) is 3.78. The summed E-state index contributed by atoms with van der Waals surface area (Å²) in [6, 6.07) is 11.8. The van der Waals surface area contributed by atoms with Crippen LogP contribution in [-0.4, -0.2) is 34.3 Å². The van der Waals surface area contributed by atoms with E-state index in [0.29, 0.717) is 36.6 Å². The number of hydrogen-bond acceptors (Lipinski definition) is 6. The average Bonchev–Trinajstić information content (AvgIpc) is 3.37. The lowest BCUT2D eigenvalue weighted by Crippen LogP contribution is -2.37. The number of aliphatic imine (C=N–C) groups is 1. The van der Waals surface area contributed by atoms with E-state index in [-0.39, 0.29) is 0 Å². The van der Waals surface area contributed by atoms with Gasteiger partial charge >= 0.3 is 0 Å². The fraction of sp³-hybridized carbons (Fsp3) is 0.333. The third-order valence-electron chi connectivity index (χ3n) is 4.57. The molecule has 0 saturated heterocycles. The van der Waals surface area contributed by atoms with Gasteiger partial charge < -0.3 is 16.4 Å². The minimum absolute atomic E-state index is 0.374. The largest absolute Gasteiger partial charge is 0.382 e. The fourth-order valence-electron chi connectivity index (χ4n) is 2.98. The number of aromatic nitrogens is 3. The van der Waals surface area contributed by atoms with E-state index in [9.17, 15) is 5.26 Å². The van der Waals surface area contributed by atoms with Gasteiger partial charge in [-0.25, -0.2) is 9.67 Å². The maximum absolute atomic E-state index is 9.51. The summed E-state index contributed by atoms with van der Waals surface area (Å²) in [5.74, 6) is 1.09. The summed E-state index contributed by atoms with van der Waals surface area (Å²) in [6.07, 6.45) is 4.35. The van der Waals surface area contributed by atoms with E-state index in [1.54, 1.807) is 23.1 Å². The monoisotopic (exact) mass is 422 g/mol. The number of anilines is 1. The van der Waals surface area contributed by atoms with Gasteiger partial charge in [0.15, 0.2) is 5.96 Å². The highest BCUT2D eigenvalue weighted by Crippen LogP contribution is 2.21. The number of nitriles is 1. The van der Waals surface area contributed by atoms with E-state index in [4.69, 9.17) is 5.73 Å². The van der Waals surface area contributed by atoms with Crippen molar-refractivity contribution in [2.24, 2.45) is 4.99 Å². The molecule has 9 heteroatoms. The number of nitrogens with zero attached hydrogens (tertiary/aromatic N) is 5. The van der Waals surface area contributed by atoms with Crippen LogP contribution < -0.4 is 16.4 Å². The van der Waals surface area contributed by atoms with Crippen molar-refractivity contribution in [1.29, 1.82) is 5.26 Å². The second kappa shape index (κ2) is 10.4. The van der Waals surface area contributed by atoms with Gasteiger partial charge in [-0.15, -0.1) is 11.3 Å². The number of aryl methyl sites for hydroxylation is 2. The zero-order chi connectivity index (χ0) is 21.3. The van der Waals surface area contributed by atoms with Crippen molar-refractivity contribution in [2.45, 2.75) is 32.7 Å². The molecule has 0 bridgehead atoms. The van der Waals surface area contributed by atoms with Crippen LogP contribution in [0.15, 0.2) is 41.5 Å². The molecule has 30 heavy (non-hydrogen) atoms. The van der Waals surface area contributed by atoms with Gasteiger partial charge in [0.25, 0.3) is 0 Å². The number of nitrogens with one attached hydrogen (secondary N) is 2. The van der Waals surface area contributed by atoms with Gasteiger partial charge in [0.2, 0.25) is 0 Å². The highest BCUT2D eigenvalue weighted by atomic mass is 32.1. The van der Waals surface area contributed by atoms with E-state index >= 15 is 0 Å². The van der Waals surface area contributed by atoms with Crippen LogP contribution in [0.2, 0.25) is 0 Å². The van der Waals surface area contributed by atoms with Gasteiger partial charge in [0, 0.05) is 24.7 Å². The predicted molar refractivity (Wildman–Crippen MR) is 121 cm³/mol. The number of nitrogen functional groups attached to an aromatic ring is 1. The first-order valence-corrected chi connectivity index (χ1v) is 10.7. The van der Waals surface area contributed by atoms with E-state index < -0.39 is 0 Å². The van der Waals surface area contributed by atoms with Crippen LogP contribution >= 0.6 is 11.3 Å². The number of thiazole rings is 1. The molecule has 0 radical (unpaired) electrons. The molecule has 0 spiro atoms. The Morgan fingerprint density at radius 2 is 2.10 bits per heavy atom. The summed E-state index contributed by atoms with van der Waals surface area (Å²) < 4.78 is 1.63. The van der Waals surface area contributed by atoms with Crippen LogP contribution in [0.5, 0.6) is 0 Å². The zero-order valence-corrected chi connectivity index (χ0v) is 18.0. The molecule has 0 aliphatic rings. The molecular weight excluding hydrogens is 396 g/mol. The topological polar surface area (TPSA) is 117 Å². The van der Waals surface area contributed by atoms with Gasteiger partial charge in [-0.2, -0.15) is 10.4 Å². The van der Waals surface area contributed by atoms with Gasteiger partial charge in [-0.3, -0.25) is 4.99 Å². The maximum Gasteiger partial charge on any atom is 0.191 e. The standard InChI is InChI=1S/C21H26N8S/c1-3-16-13-26-19(30-16)14-27-21(24-2)25-11-7-10-18-17(12-22)20(23)29(28-18)15-8-5-4-6-9-15/h4-6,8-9,13H,3,7,10-11,14,23H2,1-2H3,(H2,24,25,27). The number of hydrogen-bond donors (Lipinski definition) is 3. The maximum atomic E-state index is 9.51. The summed E-state index contributed by atoms with van der Waals surface area (Å²) in [4.78, 5) is 9.92. The second-order valence-electron chi connectivity index (χ2n) is 6.60. The molecule has 0 aliphatic carbocycles. The lowest BCUT2D eigenvalue weighted by atomic mass is 10.1. The van der Waals surface area contributed by atoms with Crippen LogP contribution in [0.4, 0.5) is 5.82 Å². The molecule has 156 valence electrons. The molecule has 0 fully saturated rings. The molecule has 1 aromatic carbocycles. The summed E-state index contributed by atoms with van der Waals surface area (Å²) in [5.41, 5.74) is 8.15. The summed E-state index contributed by atoms with van der Waals surface area (Å²) in [5, 5.41) is 21.7. The molecule has 0 amide bonds. The molecule has 3 aromatic rings. The summed E-state index contributed by atoms with van der Waals surface area (Å²) >= 11 is 1.71. The van der Waals surface area contributed by atoms with Crippen molar-refractivity contribution in [1.82, 2.24) is 25.4 Å². The Bertz CT molecular complexity index is 1030. The Morgan fingerprint density at radius 3 is 2.77 bits per heavy atom. The Morgan fingerprint density at radius 1 is 1.30 bits per heavy atom. The average molecular weight is 423 g/mol. The van der Waals surface area contributed by atoms with Crippen molar-refractivity contribution in [3.05, 3.63) is 57.7 Å². The molecule has 0 aliphatic heterocycles. The molecular formula is C21H26N8S. The predicted octanol–water partition coefficient (Wildman–Crippen LogP) is 2.64. The molecule has 0 saturated carbocycles. The minimum atomic E-state index is 0.374. The van der Waals surface area contributed by atoms with Crippen molar-refractivity contribution in [3.63, 3.8) is 0 Å². The smallest absolute Gasteiger partial charge is 0.191 e. The lowest BCUT2D eigenvalue weighted by Gasteiger charge is -2.10. The molecule has 2 aromatic heterocycles. The first-order valence-electron chi connectivity index (χ1n) is 9.87. The van der Waals surface area contributed by atoms with Crippen LogP contribution in [-0.2, 0) is 19.4 Å². The summed E-state index contributed by atoms with van der Waals surface area (Å²) in [7, 11) is 1.74. The highest BCUT2D eigenvalue weighted by Gasteiger charge is 2.16. The van der Waals surface area contributed by atoms with Crippen LogP contribution in [0.3, 0.4) is 0 Å². The number of benzene rings is 1. The zero-order valence-electron chi connectivity index (χ0n) is 17.2. The number of para-hydroxylation sites is 1. The molecule has 0 unspecified atom stereocenters. The number of rotatable bonds is 8. The van der Waals surface area contributed by atoms with Crippen LogP contribution in [0.25, 0.3) is 5.69 Å². The molecule has 3 rings (SSSR count). The Balaban J connectivity index is 1.52. The van der Waals surface area contributed by atoms with Crippen molar-refractivity contribution in [3.8, 4) is 11.8 Å². The van der Waals surface area contributed by atoms with Crippen LogP contribution in [0.1, 0.15) is 34.5 Å². The van der Waals surface area contributed by atoms with Crippen molar-refractivity contribution in [2.75, 3.05) is 19.3 Å². The Hall–Kier alpha value is -3.38. The second-order valence-corrected chi connectivity index (χ2v) is 7.80. The third kappa shape index (κ3) is 5.15. The quantitative estimate of drug-likeness (QED) is 0.292. The first kappa shape index (κ1) is 21.3. The van der Waals surface area contributed by atoms with Gasteiger partial charge in [-0.1, -0.05) is 25.1 Å². The van der Waals surface area contributed by atoms with Gasteiger partial charge in [0.1, 0.15) is 22.5 Å². The van der Waals surface area contributed by atoms with E-state index in [2.05, 4.69) is 38.7 Å². The van der Waals surface area contributed by atoms with E-state index in [0.717, 1.165) is 29.5 Å². The lowest BCUT2D eigenvalue weighted by molar-refractivity contribution is 0.721.